The molecule has 0 saturated heterocycles. The summed E-state index contributed by atoms with van der Waals surface area (Å²) in [6.45, 7) is 0. The van der Waals surface area contributed by atoms with Crippen LogP contribution in [0.25, 0.3) is 5.57 Å². The van der Waals surface area contributed by atoms with E-state index >= 15 is 0 Å². The zero-order valence-electron chi connectivity index (χ0n) is 12.9. The van der Waals surface area contributed by atoms with E-state index in [1.54, 1.807) is 24.3 Å². The van der Waals surface area contributed by atoms with Crippen molar-refractivity contribution >= 4 is 23.1 Å². The minimum atomic E-state index is -1.10. The van der Waals surface area contributed by atoms with E-state index in [-0.39, 0.29) is 27.6 Å². The van der Waals surface area contributed by atoms with Crippen LogP contribution in [0.15, 0.2) is 54.9 Å². The van der Waals surface area contributed by atoms with Crippen LogP contribution in [-0.2, 0) is 0 Å². The highest BCUT2D eigenvalue weighted by molar-refractivity contribution is 6.32. The summed E-state index contributed by atoms with van der Waals surface area (Å²) in [5.41, 5.74) is 12.4. The molecule has 5 N–H and O–H groups in total. The Labute approximate surface area is 149 Å². The van der Waals surface area contributed by atoms with Gasteiger partial charge in [-0.2, -0.15) is 5.26 Å². The summed E-state index contributed by atoms with van der Waals surface area (Å²) in [7, 11) is 0. The molecule has 0 bridgehead atoms. The molecule has 2 aromatic carbocycles. The van der Waals surface area contributed by atoms with E-state index < -0.39 is 5.97 Å². The fraction of sp³-hybridized carbons (Fsp3) is 0. The van der Waals surface area contributed by atoms with E-state index in [4.69, 9.17) is 32.9 Å². The number of halogens is 1. The number of aromatic carboxylic acids is 1. The largest absolute Gasteiger partial charge is 0.478 e. The van der Waals surface area contributed by atoms with Crippen molar-refractivity contribution in [2.24, 2.45) is 11.5 Å². The van der Waals surface area contributed by atoms with Gasteiger partial charge in [0.25, 0.3) is 0 Å². The van der Waals surface area contributed by atoms with Crippen molar-refractivity contribution in [2.45, 2.75) is 0 Å². The fourth-order valence-corrected chi connectivity index (χ4v) is 2.37. The molecule has 0 aromatic heterocycles. The Bertz CT molecular complexity index is 914. The van der Waals surface area contributed by atoms with Crippen molar-refractivity contribution in [1.29, 1.82) is 5.26 Å². The van der Waals surface area contributed by atoms with E-state index in [1.165, 1.54) is 30.6 Å². The first-order valence-corrected chi connectivity index (χ1v) is 7.44. The molecular formula is C18H14ClN3O3. The number of nitriles is 1. The maximum Gasteiger partial charge on any atom is 0.335 e. The molecule has 0 fully saturated rings. The lowest BCUT2D eigenvalue weighted by Gasteiger charge is -2.12. The monoisotopic (exact) mass is 355 g/mol. The number of nitrogens with zero attached hydrogens (tertiary/aromatic N) is 1. The topological polar surface area (TPSA) is 122 Å². The van der Waals surface area contributed by atoms with Gasteiger partial charge < -0.3 is 21.3 Å². The summed E-state index contributed by atoms with van der Waals surface area (Å²) >= 11 is 6.07. The first kappa shape index (κ1) is 17.9. The van der Waals surface area contributed by atoms with Crippen LogP contribution in [-0.4, -0.2) is 11.1 Å². The van der Waals surface area contributed by atoms with Gasteiger partial charge in [0.15, 0.2) is 0 Å². The third-order valence-corrected chi connectivity index (χ3v) is 3.60. The third kappa shape index (κ3) is 3.91. The predicted octanol–water partition coefficient (Wildman–Crippen LogP) is 3.47. The van der Waals surface area contributed by atoms with Gasteiger partial charge in [-0.05, 0) is 42.1 Å². The molecule has 0 spiro atoms. The molecule has 0 atom stereocenters. The SMILES string of the molecule is N#Cc1c(Oc2ccc(C(=O)O)cc2Cl)cccc1C(/C=C\N)=C/N. The quantitative estimate of drug-likeness (QED) is 0.706. The van der Waals surface area contributed by atoms with E-state index in [2.05, 4.69) is 6.07 Å². The van der Waals surface area contributed by atoms with Crippen LogP contribution >= 0.6 is 11.6 Å². The first-order chi connectivity index (χ1) is 12.0. The van der Waals surface area contributed by atoms with Gasteiger partial charge in [-0.1, -0.05) is 23.7 Å². The van der Waals surface area contributed by atoms with Crippen molar-refractivity contribution in [2.75, 3.05) is 0 Å². The fourth-order valence-electron chi connectivity index (χ4n) is 2.15. The molecule has 0 aliphatic rings. The van der Waals surface area contributed by atoms with Crippen LogP contribution < -0.4 is 16.2 Å². The predicted molar refractivity (Wildman–Crippen MR) is 95.1 cm³/mol. The zero-order valence-corrected chi connectivity index (χ0v) is 13.7. The average molecular weight is 356 g/mol. The molecular weight excluding hydrogens is 342 g/mol. The van der Waals surface area contributed by atoms with E-state index in [0.29, 0.717) is 11.1 Å². The number of carboxylic acid groups (broad SMARTS) is 1. The lowest BCUT2D eigenvalue weighted by Crippen LogP contribution is -1.98. The van der Waals surface area contributed by atoms with E-state index in [9.17, 15) is 10.1 Å². The second-order valence-electron chi connectivity index (χ2n) is 4.82. The molecule has 2 rings (SSSR count). The van der Waals surface area contributed by atoms with Gasteiger partial charge in [-0.25, -0.2) is 4.79 Å². The minimum Gasteiger partial charge on any atom is -0.478 e. The van der Waals surface area contributed by atoms with Crippen molar-refractivity contribution in [1.82, 2.24) is 0 Å². The van der Waals surface area contributed by atoms with Gasteiger partial charge in [-0.15, -0.1) is 0 Å². The van der Waals surface area contributed by atoms with E-state index in [1.807, 2.05) is 0 Å². The van der Waals surface area contributed by atoms with Gasteiger partial charge in [0.1, 0.15) is 23.1 Å². The maximum atomic E-state index is 11.0. The van der Waals surface area contributed by atoms with Gasteiger partial charge in [0.2, 0.25) is 0 Å². The molecule has 0 amide bonds. The Kier molecular flexibility index (Phi) is 5.66. The minimum absolute atomic E-state index is 0.0352. The normalized spacial score (nSPS) is 11.3. The summed E-state index contributed by atoms with van der Waals surface area (Å²) in [5.74, 6) is -0.609. The van der Waals surface area contributed by atoms with Crippen molar-refractivity contribution in [3.05, 3.63) is 76.6 Å². The first-order valence-electron chi connectivity index (χ1n) is 7.06. The van der Waals surface area contributed by atoms with Gasteiger partial charge in [0, 0.05) is 11.8 Å². The summed E-state index contributed by atoms with van der Waals surface area (Å²) in [4.78, 5) is 11.0. The van der Waals surface area contributed by atoms with Crippen LogP contribution in [0.5, 0.6) is 11.5 Å². The van der Waals surface area contributed by atoms with Gasteiger partial charge >= 0.3 is 5.97 Å². The number of benzene rings is 2. The highest BCUT2D eigenvalue weighted by atomic mass is 35.5. The summed E-state index contributed by atoms with van der Waals surface area (Å²) < 4.78 is 5.71. The van der Waals surface area contributed by atoms with Crippen LogP contribution in [0.2, 0.25) is 5.02 Å². The molecule has 0 aliphatic carbocycles. The number of rotatable bonds is 5. The third-order valence-electron chi connectivity index (χ3n) is 3.30. The average Bonchev–Trinajstić information content (AvgIpc) is 2.61. The van der Waals surface area contributed by atoms with Crippen LogP contribution in [0, 0.1) is 11.3 Å². The van der Waals surface area contributed by atoms with Crippen molar-refractivity contribution < 1.29 is 14.6 Å². The number of hydrogen-bond acceptors (Lipinski definition) is 5. The number of carbonyl (C=O) groups is 1. The number of hydrogen-bond donors (Lipinski definition) is 3. The molecule has 2 aromatic rings. The Balaban J connectivity index is 2.48. The molecule has 126 valence electrons. The highest BCUT2D eigenvalue weighted by Gasteiger charge is 2.14. The van der Waals surface area contributed by atoms with Gasteiger partial charge in [0.05, 0.1) is 10.6 Å². The second kappa shape index (κ2) is 7.90. The lowest BCUT2D eigenvalue weighted by molar-refractivity contribution is 0.0697. The molecule has 7 heteroatoms. The highest BCUT2D eigenvalue weighted by Crippen LogP contribution is 2.34. The smallest absolute Gasteiger partial charge is 0.335 e. The summed E-state index contributed by atoms with van der Waals surface area (Å²) in [6.07, 6.45) is 4.21. The van der Waals surface area contributed by atoms with Crippen molar-refractivity contribution in [3.8, 4) is 17.6 Å². The Morgan fingerprint density at radius 3 is 2.56 bits per heavy atom. The van der Waals surface area contributed by atoms with E-state index in [0.717, 1.165) is 0 Å². The molecule has 6 nitrogen and oxygen atoms in total. The second-order valence-corrected chi connectivity index (χ2v) is 5.23. The standard InChI is InChI=1S/C18H14ClN3O3/c19-15-8-11(18(23)24)4-5-17(15)25-16-3-1-2-13(14(16)10-22)12(9-21)6-7-20/h1-9H,20-21H2,(H,23,24)/b7-6-,12-9+. The lowest BCUT2D eigenvalue weighted by atomic mass is 10.00. The van der Waals surface area contributed by atoms with Crippen LogP contribution in [0.3, 0.4) is 0 Å². The van der Waals surface area contributed by atoms with Crippen LogP contribution in [0.1, 0.15) is 21.5 Å². The molecule has 0 aliphatic heterocycles. The van der Waals surface area contributed by atoms with Crippen LogP contribution in [0.4, 0.5) is 0 Å². The molecule has 0 unspecified atom stereocenters. The summed E-state index contributed by atoms with van der Waals surface area (Å²) in [6, 6.07) is 11.1. The molecule has 0 heterocycles. The number of allylic oxidation sites excluding steroid dienone is 2. The summed E-state index contributed by atoms with van der Waals surface area (Å²) in [5, 5.41) is 18.6. The maximum absolute atomic E-state index is 11.0. The number of carboxylic acids is 1. The zero-order chi connectivity index (χ0) is 18.4. The van der Waals surface area contributed by atoms with Gasteiger partial charge in [-0.3, -0.25) is 0 Å². The Morgan fingerprint density at radius 1 is 1.24 bits per heavy atom. The molecule has 0 radical (unpaired) electrons. The molecule has 0 saturated carbocycles. The van der Waals surface area contributed by atoms with Crippen molar-refractivity contribution in [3.63, 3.8) is 0 Å². The Hall–Kier alpha value is -3.43. The number of ether oxygens (including phenoxy) is 1. The molecule has 25 heavy (non-hydrogen) atoms. The number of nitrogens with two attached hydrogens (primary N) is 2. The Morgan fingerprint density at radius 2 is 2.00 bits per heavy atom.